The Bertz CT molecular complexity index is 405. The Balaban J connectivity index is 1.64. The van der Waals surface area contributed by atoms with Gasteiger partial charge in [0.25, 0.3) is 0 Å². The molecule has 0 spiro atoms. The number of rotatable bonds is 5. The highest BCUT2D eigenvalue weighted by Crippen LogP contribution is 2.21. The smallest absolute Gasteiger partial charge is 0.119 e. The lowest BCUT2D eigenvalue weighted by atomic mass is 9.98. The third-order valence-corrected chi connectivity index (χ3v) is 4.11. The number of likely N-dealkylation sites (tertiary alicyclic amines) is 1. The summed E-state index contributed by atoms with van der Waals surface area (Å²) in [6.07, 6.45) is 3.85. The minimum absolute atomic E-state index is 0.478. The lowest BCUT2D eigenvalue weighted by molar-refractivity contribution is 0.0445. The zero-order valence-electron chi connectivity index (χ0n) is 12.1. The predicted molar refractivity (Wildman–Crippen MR) is 82.5 cm³/mol. The van der Waals surface area contributed by atoms with E-state index in [9.17, 15) is 5.11 Å². The largest absolute Gasteiger partial charge is 0.494 e. The number of hydrogen-bond acceptors (Lipinski definition) is 3. The number of aliphatic hydroxyl groups is 1. The molecule has 1 saturated heterocycles. The van der Waals surface area contributed by atoms with E-state index in [4.69, 9.17) is 16.3 Å². The Morgan fingerprint density at radius 3 is 2.75 bits per heavy atom. The minimum Gasteiger partial charge on any atom is -0.494 e. The second kappa shape index (κ2) is 7.30. The number of halogens is 1. The first-order valence-electron chi connectivity index (χ1n) is 7.38. The molecule has 112 valence electrons. The van der Waals surface area contributed by atoms with Crippen molar-refractivity contribution in [3.05, 3.63) is 29.3 Å². The molecule has 3 nitrogen and oxygen atoms in total. The van der Waals surface area contributed by atoms with Crippen molar-refractivity contribution < 1.29 is 9.84 Å². The molecule has 1 unspecified atom stereocenters. The van der Waals surface area contributed by atoms with Crippen LogP contribution in [0.4, 0.5) is 0 Å². The molecule has 1 aliphatic heterocycles. The van der Waals surface area contributed by atoms with Crippen LogP contribution in [0.3, 0.4) is 0 Å². The van der Waals surface area contributed by atoms with Crippen LogP contribution < -0.4 is 4.74 Å². The number of benzene rings is 1. The van der Waals surface area contributed by atoms with Gasteiger partial charge in [-0.15, -0.1) is 0 Å². The molecule has 0 saturated carbocycles. The highest BCUT2D eigenvalue weighted by Gasteiger charge is 2.24. The second-order valence-electron chi connectivity index (χ2n) is 5.85. The van der Waals surface area contributed by atoms with Crippen LogP contribution in [-0.2, 0) is 0 Å². The van der Waals surface area contributed by atoms with Crippen LogP contribution in [0.2, 0.25) is 5.02 Å². The molecular formula is C16H24ClNO2. The van der Waals surface area contributed by atoms with Crippen molar-refractivity contribution in [3.8, 4) is 5.75 Å². The standard InChI is InChI=1S/C16H24ClNO2/c1-16(19)8-2-10-18(12-9-16)11-3-13-20-15-6-4-14(17)5-7-15/h4-7,19H,2-3,8-13H2,1H3. The van der Waals surface area contributed by atoms with E-state index >= 15 is 0 Å². The summed E-state index contributed by atoms with van der Waals surface area (Å²) in [7, 11) is 0. The molecule has 0 aliphatic carbocycles. The fourth-order valence-corrected chi connectivity index (χ4v) is 2.68. The van der Waals surface area contributed by atoms with Crippen molar-refractivity contribution in [2.24, 2.45) is 0 Å². The number of nitrogens with zero attached hydrogens (tertiary/aromatic N) is 1. The van der Waals surface area contributed by atoms with Crippen molar-refractivity contribution in [1.82, 2.24) is 4.90 Å². The van der Waals surface area contributed by atoms with Gasteiger partial charge in [-0.25, -0.2) is 0 Å². The highest BCUT2D eigenvalue weighted by molar-refractivity contribution is 6.30. The van der Waals surface area contributed by atoms with E-state index in [0.717, 1.165) is 56.1 Å². The van der Waals surface area contributed by atoms with Crippen LogP contribution in [0.5, 0.6) is 5.75 Å². The van der Waals surface area contributed by atoms with Gasteiger partial charge >= 0.3 is 0 Å². The minimum atomic E-state index is -0.478. The van der Waals surface area contributed by atoms with Gasteiger partial charge in [0.1, 0.15) is 5.75 Å². The van der Waals surface area contributed by atoms with Gasteiger partial charge in [-0.2, -0.15) is 0 Å². The second-order valence-corrected chi connectivity index (χ2v) is 6.28. The van der Waals surface area contributed by atoms with Gasteiger partial charge in [-0.05, 0) is 63.4 Å². The summed E-state index contributed by atoms with van der Waals surface area (Å²) in [5.74, 6) is 0.869. The summed E-state index contributed by atoms with van der Waals surface area (Å²) in [6.45, 7) is 5.75. The van der Waals surface area contributed by atoms with E-state index in [1.807, 2.05) is 31.2 Å². The normalized spacial score (nSPS) is 24.4. The fraction of sp³-hybridized carbons (Fsp3) is 0.625. The van der Waals surface area contributed by atoms with Gasteiger partial charge in [-0.3, -0.25) is 0 Å². The van der Waals surface area contributed by atoms with Crippen LogP contribution in [0.25, 0.3) is 0 Å². The van der Waals surface area contributed by atoms with Crippen molar-refractivity contribution in [2.45, 2.75) is 38.2 Å². The first-order valence-corrected chi connectivity index (χ1v) is 7.76. The zero-order valence-corrected chi connectivity index (χ0v) is 12.9. The lowest BCUT2D eigenvalue weighted by Crippen LogP contribution is -2.29. The molecule has 1 fully saturated rings. The Labute approximate surface area is 126 Å². The average molecular weight is 298 g/mol. The van der Waals surface area contributed by atoms with Crippen LogP contribution in [0.15, 0.2) is 24.3 Å². The molecule has 0 radical (unpaired) electrons. The number of ether oxygens (including phenoxy) is 1. The van der Waals surface area contributed by atoms with Crippen LogP contribution in [0, 0.1) is 0 Å². The molecule has 20 heavy (non-hydrogen) atoms. The van der Waals surface area contributed by atoms with Crippen molar-refractivity contribution in [2.75, 3.05) is 26.2 Å². The van der Waals surface area contributed by atoms with Gasteiger partial charge in [-0.1, -0.05) is 11.6 Å². The average Bonchev–Trinajstić information content (AvgIpc) is 2.58. The van der Waals surface area contributed by atoms with Gasteiger partial charge in [0, 0.05) is 18.1 Å². The fourth-order valence-electron chi connectivity index (χ4n) is 2.55. The van der Waals surface area contributed by atoms with Gasteiger partial charge in [0.05, 0.1) is 12.2 Å². The number of hydrogen-bond donors (Lipinski definition) is 1. The van der Waals surface area contributed by atoms with Crippen molar-refractivity contribution in [3.63, 3.8) is 0 Å². The molecule has 1 heterocycles. The summed E-state index contributed by atoms with van der Waals surface area (Å²) in [4.78, 5) is 2.42. The molecule has 0 bridgehead atoms. The lowest BCUT2D eigenvalue weighted by Gasteiger charge is -2.22. The van der Waals surface area contributed by atoms with Crippen molar-refractivity contribution >= 4 is 11.6 Å². The van der Waals surface area contributed by atoms with Crippen molar-refractivity contribution in [1.29, 1.82) is 0 Å². The van der Waals surface area contributed by atoms with Crippen LogP contribution in [-0.4, -0.2) is 41.8 Å². The van der Waals surface area contributed by atoms with Crippen LogP contribution >= 0.6 is 11.6 Å². The summed E-state index contributed by atoms with van der Waals surface area (Å²) in [6, 6.07) is 7.47. The maximum Gasteiger partial charge on any atom is 0.119 e. The SMILES string of the molecule is CC1(O)CCCN(CCCOc2ccc(Cl)cc2)CC1. The highest BCUT2D eigenvalue weighted by atomic mass is 35.5. The Kier molecular flexibility index (Phi) is 5.70. The van der Waals surface area contributed by atoms with Crippen LogP contribution in [0.1, 0.15) is 32.6 Å². The summed E-state index contributed by atoms with van der Waals surface area (Å²) < 4.78 is 5.69. The third-order valence-electron chi connectivity index (χ3n) is 3.86. The van der Waals surface area contributed by atoms with Gasteiger partial charge < -0.3 is 14.7 Å². The van der Waals surface area contributed by atoms with E-state index in [0.29, 0.717) is 6.61 Å². The monoisotopic (exact) mass is 297 g/mol. The Hall–Kier alpha value is -0.770. The third kappa shape index (κ3) is 5.31. The van der Waals surface area contributed by atoms with E-state index < -0.39 is 5.60 Å². The van der Waals surface area contributed by atoms with Gasteiger partial charge in [0.15, 0.2) is 0 Å². The van der Waals surface area contributed by atoms with E-state index in [-0.39, 0.29) is 0 Å². The maximum atomic E-state index is 10.1. The summed E-state index contributed by atoms with van der Waals surface area (Å²) in [5, 5.41) is 10.8. The molecule has 1 aromatic carbocycles. The van der Waals surface area contributed by atoms with E-state index in [2.05, 4.69) is 4.90 Å². The Morgan fingerprint density at radius 2 is 2.00 bits per heavy atom. The Morgan fingerprint density at radius 1 is 1.25 bits per heavy atom. The molecule has 4 heteroatoms. The molecule has 1 atom stereocenters. The zero-order chi connectivity index (χ0) is 14.4. The topological polar surface area (TPSA) is 32.7 Å². The molecule has 0 amide bonds. The molecule has 1 N–H and O–H groups in total. The van der Waals surface area contributed by atoms with E-state index in [1.165, 1.54) is 0 Å². The van der Waals surface area contributed by atoms with Gasteiger partial charge in [0.2, 0.25) is 0 Å². The summed E-state index contributed by atoms with van der Waals surface area (Å²) >= 11 is 5.83. The molecule has 1 aromatic rings. The van der Waals surface area contributed by atoms with E-state index in [1.54, 1.807) is 0 Å². The maximum absolute atomic E-state index is 10.1. The first-order chi connectivity index (χ1) is 9.55. The molecule has 0 aromatic heterocycles. The quantitative estimate of drug-likeness (QED) is 0.846. The summed E-state index contributed by atoms with van der Waals surface area (Å²) in [5.41, 5.74) is -0.478. The molecular weight excluding hydrogens is 274 g/mol. The molecule has 1 aliphatic rings. The molecule has 2 rings (SSSR count). The first kappa shape index (κ1) is 15.6. The predicted octanol–water partition coefficient (Wildman–Crippen LogP) is 3.35.